The summed E-state index contributed by atoms with van der Waals surface area (Å²) in [5, 5.41) is 19.1. The Balaban J connectivity index is 1.97. The molecule has 0 radical (unpaired) electrons. The van der Waals surface area contributed by atoms with Crippen LogP contribution in [0.1, 0.15) is 41.3 Å². The molecular formula is C35H44F2N4O9S2. The van der Waals surface area contributed by atoms with Gasteiger partial charge >= 0.3 is 0 Å². The minimum absolute atomic E-state index is 0.0181. The van der Waals surface area contributed by atoms with Crippen LogP contribution in [-0.2, 0) is 46.8 Å². The predicted octanol–water partition coefficient (Wildman–Crippen LogP) is 1.55. The summed E-state index contributed by atoms with van der Waals surface area (Å²) < 4.78 is 83.8. The van der Waals surface area contributed by atoms with Crippen molar-refractivity contribution in [1.82, 2.24) is 20.9 Å². The van der Waals surface area contributed by atoms with E-state index < -0.39 is 97.9 Å². The highest BCUT2D eigenvalue weighted by Crippen LogP contribution is 2.16. The molecular weight excluding hydrogens is 723 g/mol. The van der Waals surface area contributed by atoms with E-state index in [1.54, 1.807) is 6.92 Å². The Kier molecular flexibility index (Phi) is 16.2. The van der Waals surface area contributed by atoms with Crippen molar-refractivity contribution in [2.75, 3.05) is 36.7 Å². The van der Waals surface area contributed by atoms with Gasteiger partial charge in [0.15, 0.2) is 15.9 Å². The lowest BCUT2D eigenvalue weighted by Crippen LogP contribution is -2.59. The van der Waals surface area contributed by atoms with Crippen molar-refractivity contribution in [2.24, 2.45) is 0 Å². The molecule has 4 atom stereocenters. The van der Waals surface area contributed by atoms with Crippen molar-refractivity contribution >= 4 is 37.4 Å². The van der Waals surface area contributed by atoms with Gasteiger partial charge < -0.3 is 25.8 Å². The van der Waals surface area contributed by atoms with E-state index in [1.165, 1.54) is 24.5 Å². The zero-order chi connectivity index (χ0) is 38.3. The van der Waals surface area contributed by atoms with Crippen LogP contribution in [-0.4, -0.2) is 106 Å². The Morgan fingerprint density at radius 3 is 2.21 bits per heavy atom. The first-order valence-electron chi connectivity index (χ1n) is 16.5. The number of aliphatic hydroxyl groups is 1. The molecule has 4 N–H and O–H groups in total. The van der Waals surface area contributed by atoms with Crippen LogP contribution in [0.3, 0.4) is 0 Å². The summed E-state index contributed by atoms with van der Waals surface area (Å²) in [4.78, 5) is 44.3. The maximum absolute atomic E-state index is 14.3. The number of pyridine rings is 1. The van der Waals surface area contributed by atoms with Crippen LogP contribution in [0.15, 0.2) is 73.1 Å². The topological polar surface area (TPSA) is 198 Å². The van der Waals surface area contributed by atoms with E-state index in [0.717, 1.165) is 24.0 Å². The van der Waals surface area contributed by atoms with Crippen LogP contribution in [0.4, 0.5) is 8.78 Å². The highest BCUT2D eigenvalue weighted by atomic mass is 32.2. The fourth-order valence-corrected chi connectivity index (χ4v) is 7.13. The fourth-order valence-electron chi connectivity index (χ4n) is 5.09. The van der Waals surface area contributed by atoms with Gasteiger partial charge in [-0.25, -0.2) is 25.6 Å². The monoisotopic (exact) mass is 766 g/mol. The molecule has 4 unspecified atom stereocenters. The smallest absolute Gasteiger partial charge is 0.253 e. The maximum Gasteiger partial charge on any atom is 0.253 e. The summed E-state index contributed by atoms with van der Waals surface area (Å²) >= 11 is 0. The molecule has 0 aliphatic rings. The van der Waals surface area contributed by atoms with Crippen LogP contribution < -0.4 is 16.0 Å². The summed E-state index contributed by atoms with van der Waals surface area (Å²) in [7, 11) is -7.51. The number of carbonyl (C=O) groups excluding carboxylic acids is 3. The molecule has 0 spiro atoms. The van der Waals surface area contributed by atoms with E-state index in [2.05, 4.69) is 20.9 Å². The average Bonchev–Trinajstić information content (AvgIpc) is 3.08. The number of rotatable bonds is 21. The highest BCUT2D eigenvalue weighted by Gasteiger charge is 2.37. The number of benzene rings is 2. The van der Waals surface area contributed by atoms with Crippen LogP contribution in [0, 0.1) is 11.6 Å². The van der Waals surface area contributed by atoms with E-state index in [-0.39, 0.29) is 29.8 Å². The Hall–Kier alpha value is -4.32. The molecule has 284 valence electrons. The van der Waals surface area contributed by atoms with Gasteiger partial charge in [-0.15, -0.1) is 0 Å². The average molecular weight is 767 g/mol. The van der Waals surface area contributed by atoms with Gasteiger partial charge in [-0.05, 0) is 54.7 Å². The number of unbranched alkanes of at least 4 members (excludes halogenated alkanes) is 1. The largest absolute Gasteiger partial charge is 0.388 e. The number of ether oxygens (including phenoxy) is 1. The molecule has 0 saturated carbocycles. The maximum atomic E-state index is 14.3. The Bertz CT molecular complexity index is 1830. The van der Waals surface area contributed by atoms with Crippen molar-refractivity contribution in [3.8, 4) is 0 Å². The molecule has 0 fully saturated rings. The van der Waals surface area contributed by atoms with Crippen molar-refractivity contribution in [3.63, 3.8) is 0 Å². The van der Waals surface area contributed by atoms with Crippen molar-refractivity contribution in [2.45, 2.75) is 56.9 Å². The first-order valence-corrected chi connectivity index (χ1v) is 20.4. The number of amides is 3. The molecule has 0 saturated heterocycles. The number of hydrogen-bond donors (Lipinski definition) is 4. The normalized spacial score (nSPS) is 14.1. The van der Waals surface area contributed by atoms with E-state index >= 15 is 0 Å². The molecule has 1 aromatic heterocycles. The van der Waals surface area contributed by atoms with E-state index in [1.807, 2.05) is 30.3 Å². The zero-order valence-electron chi connectivity index (χ0n) is 28.8. The minimum Gasteiger partial charge on any atom is -0.388 e. The number of aromatic nitrogens is 1. The number of nitrogens with one attached hydrogen (secondary N) is 3. The van der Waals surface area contributed by atoms with Crippen molar-refractivity contribution in [3.05, 3.63) is 101 Å². The molecule has 1 heterocycles. The Morgan fingerprint density at radius 1 is 0.904 bits per heavy atom. The first-order chi connectivity index (χ1) is 24.6. The van der Waals surface area contributed by atoms with Gasteiger partial charge in [0.2, 0.25) is 5.91 Å². The second kappa shape index (κ2) is 20.1. The van der Waals surface area contributed by atoms with Crippen molar-refractivity contribution < 1.29 is 49.8 Å². The number of nitrogens with zero attached hydrogens (tertiary/aromatic N) is 1. The second-order valence-electron chi connectivity index (χ2n) is 12.3. The lowest BCUT2D eigenvalue weighted by molar-refractivity contribution is -0.143. The quantitative estimate of drug-likeness (QED) is 0.124. The number of carbonyl (C=O) groups is 3. The molecule has 3 rings (SSSR count). The van der Waals surface area contributed by atoms with Crippen LogP contribution in [0.25, 0.3) is 0 Å². The summed E-state index contributed by atoms with van der Waals surface area (Å²) in [6.07, 6.45) is 0.437. The van der Waals surface area contributed by atoms with Gasteiger partial charge in [0.1, 0.15) is 33.6 Å². The van der Waals surface area contributed by atoms with Gasteiger partial charge in [0.25, 0.3) is 11.8 Å². The molecule has 2 aromatic carbocycles. The number of halogens is 2. The lowest BCUT2D eigenvalue weighted by atomic mass is 9.96. The zero-order valence-corrected chi connectivity index (χ0v) is 30.5. The Morgan fingerprint density at radius 2 is 1.60 bits per heavy atom. The van der Waals surface area contributed by atoms with Gasteiger partial charge in [0, 0.05) is 31.3 Å². The van der Waals surface area contributed by atoms with Crippen LogP contribution in [0.2, 0.25) is 0 Å². The molecule has 0 aliphatic carbocycles. The SMILES string of the molecule is CCCCS(=O)(=O)CC(NC(=O)c1cccnc1)C(=O)NC(Cc1cc(F)cc(F)c1)C(O)C(OCCS(C)(=O)=O)C(=O)NCCc1ccccc1. The number of hydrogen-bond acceptors (Lipinski definition) is 10. The second-order valence-corrected chi connectivity index (χ2v) is 16.8. The summed E-state index contributed by atoms with van der Waals surface area (Å²) in [6, 6.07) is 11.1. The van der Waals surface area contributed by atoms with Gasteiger partial charge in [-0.1, -0.05) is 43.7 Å². The van der Waals surface area contributed by atoms with Gasteiger partial charge in [-0.3, -0.25) is 19.4 Å². The van der Waals surface area contributed by atoms with E-state index in [0.29, 0.717) is 18.9 Å². The molecule has 0 aliphatic heterocycles. The van der Waals surface area contributed by atoms with Gasteiger partial charge in [-0.2, -0.15) is 0 Å². The third kappa shape index (κ3) is 14.7. The summed E-state index contributed by atoms with van der Waals surface area (Å²) in [6.45, 7) is 1.31. The fraction of sp³-hybridized carbons (Fsp3) is 0.429. The first kappa shape index (κ1) is 42.1. The third-order valence-electron chi connectivity index (χ3n) is 7.77. The molecule has 3 aromatic rings. The molecule has 3 amide bonds. The molecule has 17 heteroatoms. The summed E-state index contributed by atoms with van der Waals surface area (Å²) in [5.74, 6) is -6.42. The number of sulfone groups is 2. The number of aliphatic hydroxyl groups excluding tert-OH is 1. The third-order valence-corrected chi connectivity index (χ3v) is 10.4. The van der Waals surface area contributed by atoms with E-state index in [4.69, 9.17) is 4.74 Å². The highest BCUT2D eigenvalue weighted by molar-refractivity contribution is 7.91. The van der Waals surface area contributed by atoms with Crippen molar-refractivity contribution in [1.29, 1.82) is 0 Å². The molecule has 13 nitrogen and oxygen atoms in total. The van der Waals surface area contributed by atoms with Crippen LogP contribution >= 0.6 is 0 Å². The minimum atomic E-state index is -3.93. The standard InChI is InChI=1S/C35H44F2N4O9S2/c1-3-4-16-52(48,49)23-30(41-33(43)26-11-8-13-38-22-26)34(44)40-29(20-25-18-27(36)21-28(37)19-25)31(42)32(50-15-17-51(2,46)47)35(45)39-14-12-24-9-6-5-7-10-24/h5-11,13,18-19,21-22,29-32,42H,3-4,12,14-17,20,23H2,1-2H3,(H,39,45)(H,40,44)(H,41,43). The summed E-state index contributed by atoms with van der Waals surface area (Å²) in [5.41, 5.74) is 0.835. The van der Waals surface area contributed by atoms with E-state index in [9.17, 15) is 45.1 Å². The molecule has 52 heavy (non-hydrogen) atoms. The van der Waals surface area contributed by atoms with Crippen LogP contribution in [0.5, 0.6) is 0 Å². The van der Waals surface area contributed by atoms with Gasteiger partial charge in [0.05, 0.1) is 35.5 Å². The lowest BCUT2D eigenvalue weighted by Gasteiger charge is -2.31. The molecule has 0 bridgehead atoms. The Labute approximate surface area is 302 Å². The predicted molar refractivity (Wildman–Crippen MR) is 190 cm³/mol.